The maximum absolute atomic E-state index is 11.0. The summed E-state index contributed by atoms with van der Waals surface area (Å²) in [5.41, 5.74) is 1.89. The molecule has 0 bridgehead atoms. The molecule has 0 aliphatic rings. The first-order valence-corrected chi connectivity index (χ1v) is 7.16. The Kier molecular flexibility index (Phi) is 4.43. The van der Waals surface area contributed by atoms with Gasteiger partial charge >= 0.3 is 5.97 Å². The van der Waals surface area contributed by atoms with Crippen molar-refractivity contribution in [3.8, 4) is 6.07 Å². The highest BCUT2D eigenvalue weighted by atomic mass is 79.9. The fourth-order valence-corrected chi connectivity index (χ4v) is 2.71. The molecular formula is C15H14BrN3O2. The highest BCUT2D eigenvalue weighted by Crippen LogP contribution is 2.32. The summed E-state index contributed by atoms with van der Waals surface area (Å²) in [6, 6.07) is 7.75. The van der Waals surface area contributed by atoms with Gasteiger partial charge in [0.1, 0.15) is 6.07 Å². The molecule has 108 valence electrons. The molecule has 1 N–H and O–H groups in total. The number of carboxylic acids is 1. The Morgan fingerprint density at radius 2 is 2.29 bits per heavy atom. The number of aromatic nitrogens is 1. The van der Waals surface area contributed by atoms with E-state index in [1.165, 1.54) is 6.20 Å². The Labute approximate surface area is 130 Å². The van der Waals surface area contributed by atoms with Crippen LogP contribution < -0.4 is 4.90 Å². The number of aliphatic carboxylic acids is 1. The monoisotopic (exact) mass is 347 g/mol. The van der Waals surface area contributed by atoms with Crippen LogP contribution in [0.2, 0.25) is 0 Å². The van der Waals surface area contributed by atoms with Gasteiger partial charge < -0.3 is 10.0 Å². The van der Waals surface area contributed by atoms with E-state index in [9.17, 15) is 10.1 Å². The molecule has 1 aromatic heterocycles. The van der Waals surface area contributed by atoms with Gasteiger partial charge in [-0.25, -0.2) is 0 Å². The van der Waals surface area contributed by atoms with E-state index in [0.29, 0.717) is 17.8 Å². The third kappa shape index (κ3) is 2.98. The van der Waals surface area contributed by atoms with Crippen LogP contribution in [0.4, 0.5) is 5.69 Å². The van der Waals surface area contributed by atoms with E-state index in [-0.39, 0.29) is 0 Å². The van der Waals surface area contributed by atoms with Crippen LogP contribution in [-0.4, -0.2) is 29.7 Å². The summed E-state index contributed by atoms with van der Waals surface area (Å²) in [6.07, 6.45) is 1.52. The largest absolute Gasteiger partial charge is 0.481 e. The van der Waals surface area contributed by atoms with Crippen molar-refractivity contribution in [3.63, 3.8) is 0 Å². The summed E-state index contributed by atoms with van der Waals surface area (Å²) >= 11 is 3.44. The van der Waals surface area contributed by atoms with Crippen molar-refractivity contribution in [2.75, 3.05) is 18.5 Å². The van der Waals surface area contributed by atoms with Crippen molar-refractivity contribution in [2.45, 2.75) is 6.92 Å². The Morgan fingerprint density at radius 1 is 1.57 bits per heavy atom. The number of carboxylic acid groups (broad SMARTS) is 1. The molecule has 0 spiro atoms. The summed E-state index contributed by atoms with van der Waals surface area (Å²) in [5.74, 6) is -1.39. The normalized spacial score (nSPS) is 11.9. The second-order valence-electron chi connectivity index (χ2n) is 4.89. The summed E-state index contributed by atoms with van der Waals surface area (Å²) in [4.78, 5) is 17.1. The molecule has 6 heteroatoms. The lowest BCUT2D eigenvalue weighted by Gasteiger charge is -2.24. The first kappa shape index (κ1) is 15.3. The second-order valence-corrected chi connectivity index (χ2v) is 5.74. The molecule has 5 nitrogen and oxygen atoms in total. The van der Waals surface area contributed by atoms with Gasteiger partial charge in [-0.2, -0.15) is 5.26 Å². The van der Waals surface area contributed by atoms with Gasteiger partial charge in [0.05, 0.1) is 22.7 Å². The van der Waals surface area contributed by atoms with Crippen molar-refractivity contribution in [2.24, 2.45) is 5.92 Å². The molecule has 0 aliphatic heterocycles. The lowest BCUT2D eigenvalue weighted by Crippen LogP contribution is -2.29. The first-order chi connectivity index (χ1) is 9.95. The summed E-state index contributed by atoms with van der Waals surface area (Å²) in [6.45, 7) is 1.96. The highest BCUT2D eigenvalue weighted by molar-refractivity contribution is 9.10. The number of nitriles is 1. The SMILES string of the molecule is CC(CN(C)c1c(C#N)cnc2c(Br)cccc12)C(=O)O. The first-order valence-electron chi connectivity index (χ1n) is 6.37. The van der Waals surface area contributed by atoms with Gasteiger partial charge in [0.15, 0.2) is 0 Å². The predicted octanol–water partition coefficient (Wildman–Crippen LogP) is 3.03. The molecule has 2 aromatic rings. The second kappa shape index (κ2) is 6.10. The lowest BCUT2D eigenvalue weighted by atomic mass is 10.1. The van der Waals surface area contributed by atoms with Gasteiger partial charge in [-0.3, -0.25) is 9.78 Å². The van der Waals surface area contributed by atoms with E-state index < -0.39 is 11.9 Å². The van der Waals surface area contributed by atoms with Gasteiger partial charge in [-0.1, -0.05) is 19.1 Å². The Balaban J connectivity index is 2.58. The standard InChI is InChI=1S/C15H14BrN3O2/c1-9(15(20)21)8-19(2)14-10(6-17)7-18-13-11(14)4-3-5-12(13)16/h3-5,7,9H,8H2,1-2H3,(H,20,21). The maximum Gasteiger partial charge on any atom is 0.308 e. The van der Waals surface area contributed by atoms with Crippen LogP contribution in [0.1, 0.15) is 12.5 Å². The molecule has 0 fully saturated rings. The zero-order valence-electron chi connectivity index (χ0n) is 11.7. The minimum atomic E-state index is -0.861. The number of carbonyl (C=O) groups is 1. The van der Waals surface area contributed by atoms with E-state index in [4.69, 9.17) is 5.11 Å². The molecule has 1 atom stereocenters. The molecule has 0 radical (unpaired) electrons. The molecule has 0 amide bonds. The molecule has 2 rings (SSSR count). The third-order valence-electron chi connectivity index (χ3n) is 3.29. The van der Waals surface area contributed by atoms with Gasteiger partial charge in [-0.15, -0.1) is 0 Å². The van der Waals surface area contributed by atoms with E-state index in [1.54, 1.807) is 18.9 Å². The topological polar surface area (TPSA) is 77.2 Å². The number of para-hydroxylation sites is 1. The quantitative estimate of drug-likeness (QED) is 0.919. The van der Waals surface area contributed by atoms with E-state index in [1.807, 2.05) is 18.2 Å². The number of nitrogens with zero attached hydrogens (tertiary/aromatic N) is 3. The number of fused-ring (bicyclic) bond motifs is 1. The Morgan fingerprint density at radius 3 is 2.90 bits per heavy atom. The van der Waals surface area contributed by atoms with Gasteiger partial charge in [-0.05, 0) is 22.0 Å². The van der Waals surface area contributed by atoms with Crippen LogP contribution in [0.25, 0.3) is 10.9 Å². The molecule has 1 aromatic carbocycles. The highest BCUT2D eigenvalue weighted by Gasteiger charge is 2.19. The third-order valence-corrected chi connectivity index (χ3v) is 3.93. The van der Waals surface area contributed by atoms with E-state index in [2.05, 4.69) is 27.0 Å². The zero-order chi connectivity index (χ0) is 15.6. The average molecular weight is 348 g/mol. The number of halogens is 1. The van der Waals surface area contributed by atoms with E-state index >= 15 is 0 Å². The van der Waals surface area contributed by atoms with Crippen molar-refractivity contribution < 1.29 is 9.90 Å². The number of rotatable bonds is 4. The van der Waals surface area contributed by atoms with Gasteiger partial charge in [0, 0.05) is 29.6 Å². The van der Waals surface area contributed by atoms with Crippen molar-refractivity contribution in [1.29, 1.82) is 5.26 Å². The number of benzene rings is 1. The molecule has 0 saturated carbocycles. The van der Waals surface area contributed by atoms with Crippen LogP contribution in [0.5, 0.6) is 0 Å². The smallest absolute Gasteiger partial charge is 0.308 e. The molecule has 0 aliphatic carbocycles. The Hall–Kier alpha value is -2.13. The molecule has 1 unspecified atom stereocenters. The minimum Gasteiger partial charge on any atom is -0.481 e. The fraction of sp³-hybridized carbons (Fsp3) is 0.267. The summed E-state index contributed by atoms with van der Waals surface area (Å²) < 4.78 is 0.838. The van der Waals surface area contributed by atoms with Crippen LogP contribution >= 0.6 is 15.9 Å². The van der Waals surface area contributed by atoms with Crippen LogP contribution in [-0.2, 0) is 4.79 Å². The summed E-state index contributed by atoms with van der Waals surface area (Å²) in [5, 5.41) is 19.2. The van der Waals surface area contributed by atoms with Gasteiger partial charge in [0.2, 0.25) is 0 Å². The maximum atomic E-state index is 11.0. The van der Waals surface area contributed by atoms with Gasteiger partial charge in [0.25, 0.3) is 0 Å². The lowest BCUT2D eigenvalue weighted by molar-refractivity contribution is -0.140. The molecular weight excluding hydrogens is 334 g/mol. The Bertz CT molecular complexity index is 740. The predicted molar refractivity (Wildman–Crippen MR) is 84.2 cm³/mol. The minimum absolute atomic E-state index is 0.315. The number of pyridine rings is 1. The van der Waals surface area contributed by atoms with Crippen LogP contribution in [0.15, 0.2) is 28.9 Å². The molecule has 21 heavy (non-hydrogen) atoms. The van der Waals surface area contributed by atoms with Crippen LogP contribution in [0, 0.1) is 17.2 Å². The van der Waals surface area contributed by atoms with E-state index in [0.717, 1.165) is 15.4 Å². The average Bonchev–Trinajstić information content (AvgIpc) is 2.46. The zero-order valence-corrected chi connectivity index (χ0v) is 13.3. The molecule has 0 saturated heterocycles. The number of hydrogen-bond donors (Lipinski definition) is 1. The van der Waals surface area contributed by atoms with Crippen LogP contribution in [0.3, 0.4) is 0 Å². The van der Waals surface area contributed by atoms with Crippen molar-refractivity contribution in [3.05, 3.63) is 34.4 Å². The number of hydrogen-bond acceptors (Lipinski definition) is 4. The van der Waals surface area contributed by atoms with Crippen molar-refractivity contribution in [1.82, 2.24) is 4.98 Å². The van der Waals surface area contributed by atoms with Crippen molar-refractivity contribution >= 4 is 38.5 Å². The fourth-order valence-electron chi connectivity index (χ4n) is 2.25. The summed E-state index contributed by atoms with van der Waals surface area (Å²) in [7, 11) is 1.79. The molecule has 1 heterocycles. The number of anilines is 1.